The van der Waals surface area contributed by atoms with Gasteiger partial charge in [-0.25, -0.2) is 0 Å². The Morgan fingerprint density at radius 1 is 1.44 bits per heavy atom. The molecule has 1 heteroatoms. The highest BCUT2D eigenvalue weighted by Crippen LogP contribution is 2.53. The summed E-state index contributed by atoms with van der Waals surface area (Å²) in [4.78, 5) is 11.2. The zero-order valence-electron chi connectivity index (χ0n) is 12.3. The number of carbonyl (C=O) groups excluding carboxylic acids is 1. The summed E-state index contributed by atoms with van der Waals surface area (Å²) in [6.07, 6.45) is 7.80. The van der Waals surface area contributed by atoms with E-state index < -0.39 is 0 Å². The number of allylic oxidation sites excluding steroid dienone is 4. The molecule has 0 aromatic carbocycles. The highest BCUT2D eigenvalue weighted by atomic mass is 16.1. The highest BCUT2D eigenvalue weighted by Gasteiger charge is 2.45. The molecular weight excluding hydrogens is 220 g/mol. The Balaban J connectivity index is 2.28. The second-order valence-electron chi connectivity index (χ2n) is 6.64. The Labute approximate surface area is 111 Å². The predicted molar refractivity (Wildman–Crippen MR) is 76.2 cm³/mol. The molecule has 0 amide bonds. The monoisotopic (exact) mass is 246 g/mol. The van der Waals surface area contributed by atoms with Gasteiger partial charge in [0.2, 0.25) is 0 Å². The third kappa shape index (κ3) is 2.32. The average Bonchev–Trinajstić information content (AvgIpc) is 2.27. The lowest BCUT2D eigenvalue weighted by atomic mass is 9.54. The van der Waals surface area contributed by atoms with Gasteiger partial charge in [-0.1, -0.05) is 38.5 Å². The van der Waals surface area contributed by atoms with E-state index in [0.717, 1.165) is 17.8 Å². The van der Waals surface area contributed by atoms with Gasteiger partial charge >= 0.3 is 0 Å². The molecule has 5 atom stereocenters. The molecular formula is C17H26O. The van der Waals surface area contributed by atoms with E-state index in [1.165, 1.54) is 6.42 Å². The van der Waals surface area contributed by atoms with E-state index in [0.29, 0.717) is 17.8 Å². The summed E-state index contributed by atoms with van der Waals surface area (Å²) in [6.45, 7) is 11.0. The van der Waals surface area contributed by atoms with E-state index in [2.05, 4.69) is 39.8 Å². The SMILES string of the molecule is CC(=O)/C=C/[C@@H]1[C@@H](C)[C@H]2C[C@H](C(C)C)[C@H]1C=C2C. The Morgan fingerprint density at radius 3 is 2.67 bits per heavy atom. The molecule has 1 saturated carbocycles. The largest absolute Gasteiger partial charge is 0.295 e. The molecule has 18 heavy (non-hydrogen) atoms. The van der Waals surface area contributed by atoms with Gasteiger partial charge in [-0.3, -0.25) is 4.79 Å². The maximum Gasteiger partial charge on any atom is 0.152 e. The fourth-order valence-electron chi connectivity index (χ4n) is 4.10. The fourth-order valence-corrected chi connectivity index (χ4v) is 4.10. The summed E-state index contributed by atoms with van der Waals surface area (Å²) in [7, 11) is 0. The van der Waals surface area contributed by atoms with Crippen LogP contribution in [0, 0.1) is 35.5 Å². The third-order valence-electron chi connectivity index (χ3n) is 5.16. The Kier molecular flexibility index (Phi) is 3.79. The molecule has 0 unspecified atom stereocenters. The fraction of sp³-hybridized carbons (Fsp3) is 0.706. The summed E-state index contributed by atoms with van der Waals surface area (Å²) in [5.74, 6) is 4.31. The molecule has 100 valence electrons. The van der Waals surface area contributed by atoms with Crippen molar-refractivity contribution in [3.05, 3.63) is 23.8 Å². The number of rotatable bonds is 3. The quantitative estimate of drug-likeness (QED) is 0.537. The zero-order valence-corrected chi connectivity index (χ0v) is 12.3. The first-order chi connectivity index (χ1) is 8.41. The maximum absolute atomic E-state index is 11.2. The molecule has 3 rings (SSSR count). The Hall–Kier alpha value is -0.850. The molecule has 0 aromatic rings. The molecule has 1 nitrogen and oxygen atoms in total. The molecule has 0 aromatic heterocycles. The number of carbonyl (C=O) groups is 1. The minimum Gasteiger partial charge on any atom is -0.295 e. The van der Waals surface area contributed by atoms with Crippen LogP contribution in [0.25, 0.3) is 0 Å². The second-order valence-corrected chi connectivity index (χ2v) is 6.64. The molecule has 3 aliphatic rings. The van der Waals surface area contributed by atoms with E-state index >= 15 is 0 Å². The minimum atomic E-state index is 0.172. The minimum absolute atomic E-state index is 0.172. The first-order valence-corrected chi connectivity index (χ1v) is 7.29. The molecule has 0 heterocycles. The standard InChI is InChI=1S/C17H26O/c1-10(2)15-9-16-11(3)8-17(15)14(13(16)5)7-6-12(4)18/h6-8,10,13-17H,9H2,1-5H3/b7-6+/t13-,14-,15-,16+,17+/m1/s1. The van der Waals surface area contributed by atoms with E-state index in [1.807, 2.05) is 0 Å². The first-order valence-electron chi connectivity index (χ1n) is 7.29. The van der Waals surface area contributed by atoms with Crippen molar-refractivity contribution in [3.63, 3.8) is 0 Å². The number of fused-ring (bicyclic) bond motifs is 2. The smallest absolute Gasteiger partial charge is 0.152 e. The van der Waals surface area contributed by atoms with Crippen molar-refractivity contribution < 1.29 is 4.79 Å². The van der Waals surface area contributed by atoms with E-state index in [-0.39, 0.29) is 5.78 Å². The van der Waals surface area contributed by atoms with Crippen LogP contribution in [0.4, 0.5) is 0 Å². The molecule has 0 saturated heterocycles. The Bertz CT molecular complexity index is 388. The second kappa shape index (κ2) is 5.03. The maximum atomic E-state index is 11.2. The van der Waals surface area contributed by atoms with Crippen molar-refractivity contribution in [2.45, 2.75) is 41.0 Å². The lowest BCUT2D eigenvalue weighted by Crippen LogP contribution is -2.43. The van der Waals surface area contributed by atoms with Crippen molar-refractivity contribution in [2.24, 2.45) is 35.5 Å². The van der Waals surface area contributed by atoms with Gasteiger partial charge in [0, 0.05) is 0 Å². The van der Waals surface area contributed by atoms with Crippen molar-refractivity contribution in [3.8, 4) is 0 Å². The van der Waals surface area contributed by atoms with Gasteiger partial charge < -0.3 is 0 Å². The van der Waals surface area contributed by atoms with Gasteiger partial charge in [-0.05, 0) is 61.9 Å². The van der Waals surface area contributed by atoms with Crippen LogP contribution in [-0.4, -0.2) is 5.78 Å². The molecule has 0 aliphatic heterocycles. The molecule has 3 aliphatic carbocycles. The van der Waals surface area contributed by atoms with Crippen LogP contribution >= 0.6 is 0 Å². The predicted octanol–water partition coefficient (Wildman–Crippen LogP) is 4.25. The van der Waals surface area contributed by atoms with Gasteiger partial charge in [0.1, 0.15) is 0 Å². The molecule has 2 bridgehead atoms. The van der Waals surface area contributed by atoms with Crippen molar-refractivity contribution in [2.75, 3.05) is 0 Å². The zero-order chi connectivity index (χ0) is 13.4. The average molecular weight is 246 g/mol. The summed E-state index contributed by atoms with van der Waals surface area (Å²) in [5.41, 5.74) is 1.58. The number of hydrogen-bond donors (Lipinski definition) is 0. The molecule has 0 spiro atoms. The van der Waals surface area contributed by atoms with Crippen LogP contribution in [-0.2, 0) is 4.79 Å². The van der Waals surface area contributed by atoms with E-state index in [1.54, 1.807) is 18.6 Å². The summed E-state index contributed by atoms with van der Waals surface area (Å²) in [6, 6.07) is 0. The van der Waals surface area contributed by atoms with Crippen LogP contribution in [0.3, 0.4) is 0 Å². The summed E-state index contributed by atoms with van der Waals surface area (Å²) in [5, 5.41) is 0. The van der Waals surface area contributed by atoms with Crippen LogP contribution in [0.5, 0.6) is 0 Å². The van der Waals surface area contributed by atoms with Crippen molar-refractivity contribution >= 4 is 5.78 Å². The van der Waals surface area contributed by atoms with Gasteiger partial charge in [0.25, 0.3) is 0 Å². The van der Waals surface area contributed by atoms with Gasteiger partial charge in [0.05, 0.1) is 0 Å². The van der Waals surface area contributed by atoms with Crippen LogP contribution in [0.1, 0.15) is 41.0 Å². The number of ketones is 1. The molecule has 0 radical (unpaired) electrons. The first kappa shape index (κ1) is 13.6. The molecule has 1 fully saturated rings. The van der Waals surface area contributed by atoms with Crippen LogP contribution < -0.4 is 0 Å². The van der Waals surface area contributed by atoms with Crippen LogP contribution in [0.2, 0.25) is 0 Å². The van der Waals surface area contributed by atoms with E-state index in [9.17, 15) is 4.79 Å². The third-order valence-corrected chi connectivity index (χ3v) is 5.16. The van der Waals surface area contributed by atoms with Gasteiger partial charge in [-0.15, -0.1) is 0 Å². The lowest BCUT2D eigenvalue weighted by molar-refractivity contribution is -0.112. The number of hydrogen-bond acceptors (Lipinski definition) is 1. The van der Waals surface area contributed by atoms with Crippen molar-refractivity contribution in [1.29, 1.82) is 0 Å². The van der Waals surface area contributed by atoms with Crippen molar-refractivity contribution in [1.82, 2.24) is 0 Å². The lowest BCUT2D eigenvalue weighted by Gasteiger charge is -2.51. The van der Waals surface area contributed by atoms with Gasteiger partial charge in [-0.2, -0.15) is 0 Å². The summed E-state index contributed by atoms with van der Waals surface area (Å²) < 4.78 is 0. The summed E-state index contributed by atoms with van der Waals surface area (Å²) >= 11 is 0. The van der Waals surface area contributed by atoms with Crippen LogP contribution in [0.15, 0.2) is 23.8 Å². The van der Waals surface area contributed by atoms with E-state index in [4.69, 9.17) is 0 Å². The normalized spacial score (nSPS) is 39.4. The topological polar surface area (TPSA) is 17.1 Å². The van der Waals surface area contributed by atoms with Gasteiger partial charge in [0.15, 0.2) is 5.78 Å². The Morgan fingerprint density at radius 2 is 2.11 bits per heavy atom. The highest BCUT2D eigenvalue weighted by molar-refractivity contribution is 5.87. The molecule has 0 N–H and O–H groups in total.